The van der Waals surface area contributed by atoms with Gasteiger partial charge >= 0.3 is 0 Å². The molecule has 0 aliphatic rings. The van der Waals surface area contributed by atoms with E-state index in [0.717, 1.165) is 5.56 Å². The predicted molar refractivity (Wildman–Crippen MR) is 83.2 cm³/mol. The molecule has 2 aromatic carbocycles. The van der Waals surface area contributed by atoms with E-state index in [-0.39, 0.29) is 24.6 Å². The van der Waals surface area contributed by atoms with E-state index in [1.807, 2.05) is 0 Å². The molecule has 0 radical (unpaired) electrons. The van der Waals surface area contributed by atoms with Crippen LogP contribution in [-0.4, -0.2) is 18.4 Å². The van der Waals surface area contributed by atoms with Crippen molar-refractivity contribution in [1.29, 1.82) is 0 Å². The Morgan fingerprint density at radius 2 is 1.68 bits per heavy atom. The van der Waals surface area contributed by atoms with Gasteiger partial charge in [-0.05, 0) is 29.8 Å². The molecule has 6 heteroatoms. The van der Waals surface area contributed by atoms with Gasteiger partial charge in [0, 0.05) is 5.02 Å². The number of anilines is 1. The average Bonchev–Trinajstić information content (AvgIpc) is 2.50. The maximum Gasteiger partial charge on any atom is 0.243 e. The minimum absolute atomic E-state index is 0.0828. The first-order valence-electron chi connectivity index (χ1n) is 6.60. The quantitative estimate of drug-likeness (QED) is 0.890. The summed E-state index contributed by atoms with van der Waals surface area (Å²) in [4.78, 5) is 23.4. The zero-order valence-corrected chi connectivity index (χ0v) is 12.4. The van der Waals surface area contributed by atoms with E-state index in [0.29, 0.717) is 5.02 Å². The van der Waals surface area contributed by atoms with Crippen molar-refractivity contribution in [2.24, 2.45) is 0 Å². The highest BCUT2D eigenvalue weighted by atomic mass is 35.5. The molecular weight excluding hydrogens is 307 g/mol. The summed E-state index contributed by atoms with van der Waals surface area (Å²) in [6.07, 6.45) is 0.143. The molecule has 2 aromatic rings. The molecule has 0 heterocycles. The Morgan fingerprint density at radius 3 is 2.36 bits per heavy atom. The number of para-hydroxylation sites is 1. The monoisotopic (exact) mass is 320 g/mol. The van der Waals surface area contributed by atoms with Gasteiger partial charge in [0.25, 0.3) is 0 Å². The number of amides is 2. The van der Waals surface area contributed by atoms with Crippen molar-refractivity contribution < 1.29 is 14.0 Å². The van der Waals surface area contributed by atoms with Crippen LogP contribution < -0.4 is 10.6 Å². The van der Waals surface area contributed by atoms with Crippen molar-refractivity contribution in [3.05, 3.63) is 64.9 Å². The van der Waals surface area contributed by atoms with E-state index < -0.39 is 11.7 Å². The molecule has 0 aliphatic heterocycles. The molecule has 22 heavy (non-hydrogen) atoms. The van der Waals surface area contributed by atoms with Gasteiger partial charge in [-0.3, -0.25) is 9.59 Å². The molecule has 114 valence electrons. The van der Waals surface area contributed by atoms with Gasteiger partial charge in [0.2, 0.25) is 11.8 Å². The molecule has 4 nitrogen and oxygen atoms in total. The SMILES string of the molecule is O=C(Cc1ccc(Cl)cc1)NCC(=O)Nc1ccccc1F. The first-order chi connectivity index (χ1) is 10.5. The fourth-order valence-corrected chi connectivity index (χ4v) is 1.91. The van der Waals surface area contributed by atoms with Crippen molar-refractivity contribution in [1.82, 2.24) is 5.32 Å². The molecule has 0 aliphatic carbocycles. The maximum absolute atomic E-state index is 13.4. The predicted octanol–water partition coefficient (Wildman–Crippen LogP) is 2.78. The van der Waals surface area contributed by atoms with Crippen LogP contribution in [0.15, 0.2) is 48.5 Å². The number of rotatable bonds is 5. The summed E-state index contributed by atoms with van der Waals surface area (Å²) in [5.74, 6) is -1.32. The van der Waals surface area contributed by atoms with Gasteiger partial charge in [-0.1, -0.05) is 35.9 Å². The highest BCUT2D eigenvalue weighted by Gasteiger charge is 2.08. The van der Waals surface area contributed by atoms with E-state index in [2.05, 4.69) is 10.6 Å². The zero-order valence-electron chi connectivity index (χ0n) is 11.6. The van der Waals surface area contributed by atoms with E-state index in [4.69, 9.17) is 11.6 Å². The number of benzene rings is 2. The second-order valence-corrected chi connectivity index (χ2v) is 5.04. The molecule has 0 saturated heterocycles. The second-order valence-electron chi connectivity index (χ2n) is 4.61. The molecule has 2 amide bonds. The van der Waals surface area contributed by atoms with Gasteiger partial charge < -0.3 is 10.6 Å². The van der Waals surface area contributed by atoms with Gasteiger partial charge in [0.1, 0.15) is 5.82 Å². The molecular formula is C16H14ClFN2O2. The Labute approximate surface area is 132 Å². The summed E-state index contributed by atoms with van der Waals surface area (Å²) in [7, 11) is 0. The second kappa shape index (κ2) is 7.56. The molecule has 0 spiro atoms. The molecule has 0 saturated carbocycles. The van der Waals surface area contributed by atoms with Crippen LogP contribution in [0.3, 0.4) is 0 Å². The zero-order chi connectivity index (χ0) is 15.9. The van der Waals surface area contributed by atoms with E-state index >= 15 is 0 Å². The highest BCUT2D eigenvalue weighted by Crippen LogP contribution is 2.12. The summed E-state index contributed by atoms with van der Waals surface area (Å²) in [6.45, 7) is -0.221. The standard InChI is InChI=1S/C16H14ClFN2O2/c17-12-7-5-11(6-8-12)9-15(21)19-10-16(22)20-14-4-2-1-3-13(14)18/h1-8H,9-10H2,(H,19,21)(H,20,22). The first-order valence-corrected chi connectivity index (χ1v) is 6.98. The number of hydrogen-bond acceptors (Lipinski definition) is 2. The Hall–Kier alpha value is -2.40. The third-order valence-corrected chi connectivity index (χ3v) is 3.12. The minimum atomic E-state index is -0.525. The fraction of sp³-hybridized carbons (Fsp3) is 0.125. The largest absolute Gasteiger partial charge is 0.347 e. The highest BCUT2D eigenvalue weighted by molar-refractivity contribution is 6.30. The summed E-state index contributed by atoms with van der Waals surface area (Å²) in [5, 5.41) is 5.46. The third-order valence-electron chi connectivity index (χ3n) is 2.87. The van der Waals surface area contributed by atoms with Crippen LogP contribution in [0.2, 0.25) is 5.02 Å². The topological polar surface area (TPSA) is 58.2 Å². The van der Waals surface area contributed by atoms with Crippen LogP contribution in [0.1, 0.15) is 5.56 Å². The normalized spacial score (nSPS) is 10.1. The number of hydrogen-bond donors (Lipinski definition) is 2. The number of nitrogens with one attached hydrogen (secondary N) is 2. The Kier molecular flexibility index (Phi) is 5.49. The lowest BCUT2D eigenvalue weighted by molar-refractivity contribution is -0.123. The molecule has 0 aromatic heterocycles. The van der Waals surface area contributed by atoms with E-state index in [1.54, 1.807) is 30.3 Å². The van der Waals surface area contributed by atoms with Crippen LogP contribution in [0.25, 0.3) is 0 Å². The molecule has 2 rings (SSSR count). The Balaban J connectivity index is 1.79. The van der Waals surface area contributed by atoms with E-state index in [9.17, 15) is 14.0 Å². The lowest BCUT2D eigenvalue weighted by atomic mass is 10.1. The number of carbonyl (C=O) groups is 2. The summed E-state index contributed by atoms with van der Waals surface area (Å²) < 4.78 is 13.4. The van der Waals surface area contributed by atoms with Crippen molar-refractivity contribution in [2.45, 2.75) is 6.42 Å². The number of halogens is 2. The van der Waals surface area contributed by atoms with Crippen LogP contribution in [-0.2, 0) is 16.0 Å². The number of carbonyl (C=O) groups excluding carboxylic acids is 2. The molecule has 0 atom stereocenters. The molecule has 0 bridgehead atoms. The first kappa shape index (κ1) is 16.0. The van der Waals surface area contributed by atoms with Crippen LogP contribution in [0, 0.1) is 5.82 Å². The fourth-order valence-electron chi connectivity index (χ4n) is 1.79. The summed E-state index contributed by atoms with van der Waals surface area (Å²) in [5.41, 5.74) is 0.871. The lowest BCUT2D eigenvalue weighted by Gasteiger charge is -2.08. The van der Waals surface area contributed by atoms with Gasteiger partial charge in [0.05, 0.1) is 18.7 Å². The maximum atomic E-state index is 13.4. The minimum Gasteiger partial charge on any atom is -0.347 e. The van der Waals surface area contributed by atoms with Crippen molar-refractivity contribution >= 4 is 29.1 Å². The van der Waals surface area contributed by atoms with Crippen molar-refractivity contribution in [3.63, 3.8) is 0 Å². The summed E-state index contributed by atoms with van der Waals surface area (Å²) in [6, 6.07) is 12.7. The van der Waals surface area contributed by atoms with Crippen LogP contribution in [0.4, 0.5) is 10.1 Å². The molecule has 2 N–H and O–H groups in total. The molecule has 0 unspecified atom stereocenters. The van der Waals surface area contributed by atoms with Crippen molar-refractivity contribution in [3.8, 4) is 0 Å². The van der Waals surface area contributed by atoms with Gasteiger partial charge in [-0.25, -0.2) is 4.39 Å². The third kappa shape index (κ3) is 4.86. The molecule has 0 fully saturated rings. The van der Waals surface area contributed by atoms with Gasteiger partial charge in [0.15, 0.2) is 0 Å². The smallest absolute Gasteiger partial charge is 0.243 e. The van der Waals surface area contributed by atoms with Crippen LogP contribution >= 0.6 is 11.6 Å². The van der Waals surface area contributed by atoms with Gasteiger partial charge in [-0.2, -0.15) is 0 Å². The lowest BCUT2D eigenvalue weighted by Crippen LogP contribution is -2.33. The van der Waals surface area contributed by atoms with E-state index in [1.165, 1.54) is 18.2 Å². The average molecular weight is 321 g/mol. The Bertz CT molecular complexity index is 674. The van der Waals surface area contributed by atoms with Crippen LogP contribution in [0.5, 0.6) is 0 Å². The van der Waals surface area contributed by atoms with Gasteiger partial charge in [-0.15, -0.1) is 0 Å². The summed E-state index contributed by atoms with van der Waals surface area (Å²) >= 11 is 5.76. The van der Waals surface area contributed by atoms with Crippen molar-refractivity contribution in [2.75, 3.05) is 11.9 Å². The Morgan fingerprint density at radius 1 is 1.00 bits per heavy atom.